The molecule has 0 bridgehead atoms. The van der Waals surface area contributed by atoms with Crippen molar-refractivity contribution in [3.05, 3.63) is 23.0 Å². The quantitative estimate of drug-likeness (QED) is 0.770. The lowest BCUT2D eigenvalue weighted by atomic mass is 10.0. The molecule has 1 atom stereocenters. The van der Waals surface area contributed by atoms with Gasteiger partial charge in [-0.1, -0.05) is 25.4 Å². The fourth-order valence-electron chi connectivity index (χ4n) is 2.10. The molecule has 1 fully saturated rings. The maximum absolute atomic E-state index is 12.3. The predicted octanol–water partition coefficient (Wildman–Crippen LogP) is 2.66. The smallest absolute Gasteiger partial charge is 0.270 e. The van der Waals surface area contributed by atoms with Gasteiger partial charge in [0, 0.05) is 18.7 Å². The van der Waals surface area contributed by atoms with E-state index < -0.39 is 0 Å². The maximum Gasteiger partial charge on any atom is 0.270 e. The van der Waals surface area contributed by atoms with Gasteiger partial charge in [-0.25, -0.2) is 4.98 Å². The third-order valence-electron chi connectivity index (χ3n) is 3.79. The number of aromatic nitrogens is 1. The number of halogens is 1. The number of carbonyl (C=O) groups excluding carboxylic acids is 1. The summed E-state index contributed by atoms with van der Waals surface area (Å²) in [5, 5.41) is 12.4. The van der Waals surface area contributed by atoms with Crippen molar-refractivity contribution < 1.29 is 14.6 Å². The van der Waals surface area contributed by atoms with E-state index in [0.29, 0.717) is 29.7 Å². The van der Waals surface area contributed by atoms with Gasteiger partial charge in [0.25, 0.3) is 5.91 Å². The van der Waals surface area contributed by atoms with Gasteiger partial charge in [0.05, 0.1) is 12.8 Å². The van der Waals surface area contributed by atoms with Crippen LogP contribution >= 0.6 is 11.6 Å². The summed E-state index contributed by atoms with van der Waals surface area (Å²) in [6, 6.07) is 1.49. The minimum Gasteiger partial charge on any atom is -0.492 e. The van der Waals surface area contributed by atoms with Gasteiger partial charge < -0.3 is 15.2 Å². The number of amides is 1. The summed E-state index contributed by atoms with van der Waals surface area (Å²) < 4.78 is 5.66. The molecular formula is C16H23ClN2O3. The number of hydrogen-bond acceptors (Lipinski definition) is 4. The van der Waals surface area contributed by atoms with Crippen molar-refractivity contribution in [2.45, 2.75) is 39.2 Å². The summed E-state index contributed by atoms with van der Waals surface area (Å²) in [6.07, 6.45) is 4.33. The fourth-order valence-corrected chi connectivity index (χ4v) is 2.26. The number of nitrogens with zero attached hydrogens (tertiary/aromatic N) is 1. The summed E-state index contributed by atoms with van der Waals surface area (Å²) >= 11 is 6.06. The zero-order valence-corrected chi connectivity index (χ0v) is 13.8. The fraction of sp³-hybridized carbons (Fsp3) is 0.625. The summed E-state index contributed by atoms with van der Waals surface area (Å²) in [5.74, 6) is 1.06. The van der Waals surface area contributed by atoms with Crippen molar-refractivity contribution in [1.29, 1.82) is 0 Å². The molecule has 0 spiro atoms. The third-order valence-corrected chi connectivity index (χ3v) is 4.07. The number of nitrogens with one attached hydrogen (secondary N) is 1. The molecular weight excluding hydrogens is 304 g/mol. The van der Waals surface area contributed by atoms with Crippen LogP contribution in [-0.4, -0.2) is 35.3 Å². The molecule has 1 aliphatic carbocycles. The second-order valence-electron chi connectivity index (χ2n) is 6.09. The molecule has 0 aliphatic heterocycles. The number of carbonyl (C=O) groups is 1. The Bertz CT molecular complexity index is 518. The molecule has 0 saturated heterocycles. The van der Waals surface area contributed by atoms with Gasteiger partial charge in [-0.2, -0.15) is 0 Å². The normalized spacial score (nSPS) is 15.7. The SMILES string of the molecule is CC(C)C(CCO)NC(=O)c1cc(OCC2CC2)c(Cl)cn1. The van der Waals surface area contributed by atoms with Crippen LogP contribution < -0.4 is 10.1 Å². The zero-order chi connectivity index (χ0) is 16.1. The van der Waals surface area contributed by atoms with Crippen molar-refractivity contribution in [2.24, 2.45) is 11.8 Å². The van der Waals surface area contributed by atoms with E-state index >= 15 is 0 Å². The first-order valence-corrected chi connectivity index (χ1v) is 8.09. The highest BCUT2D eigenvalue weighted by Gasteiger charge is 2.23. The van der Waals surface area contributed by atoms with Crippen LogP contribution in [-0.2, 0) is 0 Å². The second kappa shape index (κ2) is 7.79. The molecule has 22 heavy (non-hydrogen) atoms. The molecule has 2 N–H and O–H groups in total. The van der Waals surface area contributed by atoms with E-state index in [1.165, 1.54) is 19.0 Å². The molecule has 1 aromatic heterocycles. The Labute approximate surface area is 136 Å². The van der Waals surface area contributed by atoms with Crippen molar-refractivity contribution in [2.75, 3.05) is 13.2 Å². The van der Waals surface area contributed by atoms with Gasteiger partial charge in [-0.05, 0) is 31.1 Å². The highest BCUT2D eigenvalue weighted by molar-refractivity contribution is 6.32. The molecule has 6 heteroatoms. The zero-order valence-electron chi connectivity index (χ0n) is 13.0. The molecule has 0 aromatic carbocycles. The summed E-state index contributed by atoms with van der Waals surface area (Å²) in [7, 11) is 0. The van der Waals surface area contributed by atoms with Gasteiger partial charge in [0.15, 0.2) is 0 Å². The maximum atomic E-state index is 12.3. The lowest BCUT2D eigenvalue weighted by Gasteiger charge is -2.21. The van der Waals surface area contributed by atoms with E-state index in [2.05, 4.69) is 10.3 Å². The Morgan fingerprint density at radius 1 is 1.55 bits per heavy atom. The van der Waals surface area contributed by atoms with E-state index in [9.17, 15) is 4.79 Å². The first kappa shape index (κ1) is 17.0. The third kappa shape index (κ3) is 4.85. The Hall–Kier alpha value is -1.33. The van der Waals surface area contributed by atoms with Crippen LogP contribution in [0.2, 0.25) is 5.02 Å². The highest BCUT2D eigenvalue weighted by Crippen LogP contribution is 2.31. The summed E-state index contributed by atoms with van der Waals surface area (Å²) in [5.41, 5.74) is 0.277. The van der Waals surface area contributed by atoms with E-state index in [1.807, 2.05) is 13.8 Å². The number of hydrogen-bond donors (Lipinski definition) is 2. The van der Waals surface area contributed by atoms with Crippen molar-refractivity contribution in [3.8, 4) is 5.75 Å². The molecule has 1 aromatic rings. The Balaban J connectivity index is 2.02. The Morgan fingerprint density at radius 3 is 2.86 bits per heavy atom. The van der Waals surface area contributed by atoms with Gasteiger partial charge in [-0.15, -0.1) is 0 Å². The standard InChI is InChI=1S/C16H23ClN2O3/c1-10(2)13(5-6-20)19-16(21)14-7-15(12(17)8-18-14)22-9-11-3-4-11/h7-8,10-11,13,20H,3-6,9H2,1-2H3,(H,19,21). The lowest BCUT2D eigenvalue weighted by molar-refractivity contribution is 0.0911. The van der Waals surface area contributed by atoms with Gasteiger partial charge >= 0.3 is 0 Å². The van der Waals surface area contributed by atoms with Crippen LogP contribution in [0.4, 0.5) is 0 Å². The average Bonchev–Trinajstić information content (AvgIpc) is 3.30. The molecule has 1 amide bonds. The monoisotopic (exact) mass is 326 g/mol. The van der Waals surface area contributed by atoms with Gasteiger partial charge in [0.1, 0.15) is 16.5 Å². The molecule has 1 unspecified atom stereocenters. The first-order chi connectivity index (χ1) is 10.5. The highest BCUT2D eigenvalue weighted by atomic mass is 35.5. The van der Waals surface area contributed by atoms with E-state index in [0.717, 1.165) is 0 Å². The molecule has 1 aliphatic rings. The molecule has 5 nitrogen and oxygen atoms in total. The Kier molecular flexibility index (Phi) is 6.03. The lowest BCUT2D eigenvalue weighted by Crippen LogP contribution is -2.39. The largest absolute Gasteiger partial charge is 0.492 e. The van der Waals surface area contributed by atoms with Crippen LogP contribution in [0.3, 0.4) is 0 Å². The number of pyridine rings is 1. The van der Waals surface area contributed by atoms with Crippen LogP contribution in [0, 0.1) is 11.8 Å². The van der Waals surface area contributed by atoms with Crippen molar-refractivity contribution in [3.63, 3.8) is 0 Å². The minimum absolute atomic E-state index is 0.0346. The van der Waals surface area contributed by atoms with Gasteiger partial charge in [-0.3, -0.25) is 4.79 Å². The molecule has 122 valence electrons. The van der Waals surface area contributed by atoms with Crippen LogP contribution in [0.1, 0.15) is 43.6 Å². The van der Waals surface area contributed by atoms with E-state index in [4.69, 9.17) is 21.4 Å². The second-order valence-corrected chi connectivity index (χ2v) is 6.50. The number of aliphatic hydroxyl groups is 1. The summed E-state index contributed by atoms with van der Waals surface area (Å²) in [4.78, 5) is 16.4. The number of rotatable bonds is 8. The average molecular weight is 327 g/mol. The van der Waals surface area contributed by atoms with E-state index in [1.54, 1.807) is 6.07 Å². The van der Waals surface area contributed by atoms with Crippen LogP contribution in [0.5, 0.6) is 5.75 Å². The number of aliphatic hydroxyl groups excluding tert-OH is 1. The van der Waals surface area contributed by atoms with Crippen LogP contribution in [0.25, 0.3) is 0 Å². The predicted molar refractivity (Wildman–Crippen MR) is 85.3 cm³/mol. The Morgan fingerprint density at radius 2 is 2.27 bits per heavy atom. The van der Waals surface area contributed by atoms with Crippen molar-refractivity contribution >= 4 is 17.5 Å². The molecule has 2 rings (SSSR count). The molecule has 0 radical (unpaired) electrons. The van der Waals surface area contributed by atoms with Gasteiger partial charge in [0.2, 0.25) is 0 Å². The topological polar surface area (TPSA) is 71.5 Å². The molecule has 1 heterocycles. The van der Waals surface area contributed by atoms with Crippen molar-refractivity contribution in [1.82, 2.24) is 10.3 Å². The summed E-state index contributed by atoms with van der Waals surface area (Å²) in [6.45, 7) is 4.66. The van der Waals surface area contributed by atoms with E-state index in [-0.39, 0.29) is 30.2 Å². The minimum atomic E-state index is -0.278. The van der Waals surface area contributed by atoms with Crippen LogP contribution in [0.15, 0.2) is 12.3 Å². The molecule has 1 saturated carbocycles. The first-order valence-electron chi connectivity index (χ1n) is 7.71. The number of ether oxygens (including phenoxy) is 1.